The molecule has 0 aliphatic carbocycles. The zero-order valence-electron chi connectivity index (χ0n) is 14.1. The van der Waals surface area contributed by atoms with E-state index >= 15 is 0 Å². The molecule has 23 heavy (non-hydrogen) atoms. The number of carboxylic acids is 1. The molecule has 1 atom stereocenters. The van der Waals surface area contributed by atoms with Crippen molar-refractivity contribution in [1.29, 1.82) is 0 Å². The number of hydrogen-bond donors (Lipinski definition) is 2. The van der Waals surface area contributed by atoms with Gasteiger partial charge in [-0.3, -0.25) is 4.79 Å². The van der Waals surface area contributed by atoms with Crippen molar-refractivity contribution in [2.45, 2.75) is 58.0 Å². The van der Waals surface area contributed by atoms with Crippen molar-refractivity contribution in [2.75, 3.05) is 0 Å². The largest absolute Gasteiger partial charge is 0.481 e. The molecule has 0 aliphatic heterocycles. The van der Waals surface area contributed by atoms with Crippen LogP contribution in [0.4, 0.5) is 0 Å². The second-order valence-corrected chi connectivity index (χ2v) is 5.20. The molecular weight excluding hydrogens is 288 g/mol. The molecule has 0 amide bonds. The predicted octanol–water partition coefficient (Wildman–Crippen LogP) is 4.96. The minimum atomic E-state index is -0.741. The van der Waals surface area contributed by atoms with Crippen LogP contribution in [0.1, 0.15) is 51.9 Å². The van der Waals surface area contributed by atoms with Gasteiger partial charge >= 0.3 is 5.97 Å². The molecule has 3 nitrogen and oxygen atoms in total. The maximum Gasteiger partial charge on any atom is 0.303 e. The van der Waals surface area contributed by atoms with Gasteiger partial charge in [0.25, 0.3) is 0 Å². The molecular formula is C20H30O3. The van der Waals surface area contributed by atoms with Gasteiger partial charge < -0.3 is 10.2 Å². The van der Waals surface area contributed by atoms with E-state index in [1.165, 1.54) is 0 Å². The molecule has 0 saturated carbocycles. The van der Waals surface area contributed by atoms with Crippen molar-refractivity contribution in [3.63, 3.8) is 0 Å². The summed E-state index contributed by atoms with van der Waals surface area (Å²) in [5.41, 5.74) is 0. The van der Waals surface area contributed by atoms with E-state index in [0.717, 1.165) is 25.7 Å². The average molecular weight is 318 g/mol. The summed E-state index contributed by atoms with van der Waals surface area (Å²) in [6.07, 6.45) is 24.6. The van der Waals surface area contributed by atoms with E-state index in [2.05, 4.69) is 25.2 Å². The molecule has 0 aromatic carbocycles. The van der Waals surface area contributed by atoms with Crippen LogP contribution in [0.5, 0.6) is 0 Å². The number of aliphatic hydroxyl groups excluding tert-OH is 1. The minimum Gasteiger partial charge on any atom is -0.481 e. The topological polar surface area (TPSA) is 57.5 Å². The first-order chi connectivity index (χ1) is 11.2. The van der Waals surface area contributed by atoms with Crippen LogP contribution in [-0.2, 0) is 4.79 Å². The van der Waals surface area contributed by atoms with Crippen LogP contribution in [0.3, 0.4) is 0 Å². The van der Waals surface area contributed by atoms with E-state index in [-0.39, 0.29) is 6.42 Å². The Morgan fingerprint density at radius 1 is 0.957 bits per heavy atom. The molecule has 0 aliphatic rings. The number of carboxylic acid groups (broad SMARTS) is 1. The lowest BCUT2D eigenvalue weighted by Crippen LogP contribution is -1.98. The Kier molecular flexibility index (Phi) is 15.2. The Labute approximate surface area is 140 Å². The van der Waals surface area contributed by atoms with E-state index in [1.54, 1.807) is 6.08 Å². The molecule has 2 N–H and O–H groups in total. The van der Waals surface area contributed by atoms with Gasteiger partial charge in [-0.25, -0.2) is 0 Å². The summed E-state index contributed by atoms with van der Waals surface area (Å²) in [6.45, 7) is 2.11. The molecule has 0 rings (SSSR count). The second kappa shape index (κ2) is 16.5. The lowest BCUT2D eigenvalue weighted by Gasteiger charge is -1.98. The van der Waals surface area contributed by atoms with Gasteiger partial charge in [0.1, 0.15) is 0 Å². The molecule has 3 heteroatoms. The summed E-state index contributed by atoms with van der Waals surface area (Å²) in [5.74, 6) is -0.741. The Hall–Kier alpha value is -1.87. The number of hydrogen-bond acceptors (Lipinski definition) is 2. The lowest BCUT2D eigenvalue weighted by atomic mass is 10.2. The van der Waals surface area contributed by atoms with Crippen molar-refractivity contribution in [3.05, 3.63) is 60.8 Å². The standard InChI is InChI=1S/C20H30O3/c1-2-3-4-5-10-13-16-19(21)17-14-11-8-6-7-9-12-15-18-20(22)23/h3-4,7-11,13-14,17,19,21H,2,5-6,12,15-16,18H2,1H3,(H,22,23). The van der Waals surface area contributed by atoms with Crippen LogP contribution in [0, 0.1) is 0 Å². The van der Waals surface area contributed by atoms with Crippen LogP contribution < -0.4 is 0 Å². The summed E-state index contributed by atoms with van der Waals surface area (Å²) in [5, 5.41) is 18.2. The van der Waals surface area contributed by atoms with Gasteiger partial charge in [0.15, 0.2) is 0 Å². The van der Waals surface area contributed by atoms with Gasteiger partial charge in [-0.2, -0.15) is 0 Å². The molecule has 128 valence electrons. The van der Waals surface area contributed by atoms with Crippen LogP contribution >= 0.6 is 0 Å². The molecule has 0 fully saturated rings. The molecule has 0 radical (unpaired) electrons. The maximum atomic E-state index is 10.3. The molecule has 0 heterocycles. The first kappa shape index (κ1) is 21.1. The van der Waals surface area contributed by atoms with Crippen LogP contribution in [0.25, 0.3) is 0 Å². The van der Waals surface area contributed by atoms with Gasteiger partial charge in [-0.05, 0) is 38.5 Å². The second-order valence-electron chi connectivity index (χ2n) is 5.20. The third-order valence-electron chi connectivity index (χ3n) is 3.00. The average Bonchev–Trinajstić information content (AvgIpc) is 2.52. The number of aliphatic carboxylic acids is 1. The highest BCUT2D eigenvalue weighted by Crippen LogP contribution is 2.00. The minimum absolute atomic E-state index is 0.226. The fourth-order valence-electron chi connectivity index (χ4n) is 1.77. The highest BCUT2D eigenvalue weighted by molar-refractivity contribution is 5.66. The summed E-state index contributed by atoms with van der Waals surface area (Å²) in [6, 6.07) is 0. The molecule has 1 unspecified atom stereocenters. The van der Waals surface area contributed by atoms with Crippen LogP contribution in [0.2, 0.25) is 0 Å². The van der Waals surface area contributed by atoms with Gasteiger partial charge in [-0.15, -0.1) is 0 Å². The molecule has 0 aromatic heterocycles. The summed E-state index contributed by atoms with van der Waals surface area (Å²) >= 11 is 0. The third-order valence-corrected chi connectivity index (χ3v) is 3.00. The quantitative estimate of drug-likeness (QED) is 0.286. The first-order valence-corrected chi connectivity index (χ1v) is 8.35. The van der Waals surface area contributed by atoms with E-state index in [1.807, 2.05) is 36.5 Å². The lowest BCUT2D eigenvalue weighted by molar-refractivity contribution is -0.137. The van der Waals surface area contributed by atoms with Gasteiger partial charge in [0.2, 0.25) is 0 Å². The number of carbonyl (C=O) groups is 1. The van der Waals surface area contributed by atoms with Crippen LogP contribution in [0.15, 0.2) is 60.8 Å². The predicted molar refractivity (Wildman–Crippen MR) is 97.3 cm³/mol. The Morgan fingerprint density at radius 2 is 1.65 bits per heavy atom. The van der Waals surface area contributed by atoms with E-state index in [9.17, 15) is 9.90 Å². The van der Waals surface area contributed by atoms with E-state index in [4.69, 9.17) is 5.11 Å². The molecule has 0 aromatic rings. The van der Waals surface area contributed by atoms with Crippen molar-refractivity contribution in [2.24, 2.45) is 0 Å². The SMILES string of the molecule is CCC=CCC=CCC(O)C=CC=CCC=CCCCC(=O)O. The van der Waals surface area contributed by atoms with Crippen molar-refractivity contribution >= 4 is 5.97 Å². The summed E-state index contributed by atoms with van der Waals surface area (Å²) < 4.78 is 0. The third kappa shape index (κ3) is 18.1. The van der Waals surface area contributed by atoms with Gasteiger partial charge in [-0.1, -0.05) is 67.7 Å². The Balaban J connectivity index is 3.68. The van der Waals surface area contributed by atoms with Crippen LogP contribution in [-0.4, -0.2) is 22.3 Å². The maximum absolute atomic E-state index is 10.3. The smallest absolute Gasteiger partial charge is 0.303 e. The highest BCUT2D eigenvalue weighted by Gasteiger charge is 1.93. The molecule has 0 bridgehead atoms. The first-order valence-electron chi connectivity index (χ1n) is 8.35. The highest BCUT2D eigenvalue weighted by atomic mass is 16.4. The van der Waals surface area contributed by atoms with Gasteiger partial charge in [0, 0.05) is 6.42 Å². The van der Waals surface area contributed by atoms with Crippen molar-refractivity contribution in [1.82, 2.24) is 0 Å². The van der Waals surface area contributed by atoms with E-state index < -0.39 is 12.1 Å². The van der Waals surface area contributed by atoms with E-state index in [0.29, 0.717) is 12.8 Å². The monoisotopic (exact) mass is 318 g/mol. The fourth-order valence-corrected chi connectivity index (χ4v) is 1.77. The zero-order valence-corrected chi connectivity index (χ0v) is 14.1. The van der Waals surface area contributed by atoms with Crippen molar-refractivity contribution in [3.8, 4) is 0 Å². The zero-order chi connectivity index (χ0) is 17.2. The van der Waals surface area contributed by atoms with Crippen molar-refractivity contribution < 1.29 is 15.0 Å². The number of allylic oxidation sites excluding steroid dienone is 8. The molecule has 0 saturated heterocycles. The number of unbranched alkanes of at least 4 members (excludes halogenated alkanes) is 1. The Bertz CT molecular complexity index is 428. The normalized spacial score (nSPS) is 14.2. The van der Waals surface area contributed by atoms with Gasteiger partial charge in [0.05, 0.1) is 6.10 Å². The fraction of sp³-hybridized carbons (Fsp3) is 0.450. The molecule has 0 spiro atoms. The number of rotatable bonds is 13. The summed E-state index contributed by atoms with van der Waals surface area (Å²) in [4.78, 5) is 10.3. The Morgan fingerprint density at radius 3 is 2.39 bits per heavy atom. The summed E-state index contributed by atoms with van der Waals surface area (Å²) in [7, 11) is 0. The number of aliphatic hydroxyl groups is 1.